The molecule has 24 heavy (non-hydrogen) atoms. The number of piperidine rings is 1. The Bertz CT molecular complexity index is 788. The van der Waals surface area contributed by atoms with Crippen LogP contribution in [-0.2, 0) is 4.79 Å². The van der Waals surface area contributed by atoms with Crippen LogP contribution in [0.25, 0.3) is 11.0 Å². The molecule has 0 radical (unpaired) electrons. The molecule has 0 saturated carbocycles. The fourth-order valence-corrected chi connectivity index (χ4v) is 3.72. The molecule has 126 valence electrons. The highest BCUT2D eigenvalue weighted by Gasteiger charge is 2.33. The fourth-order valence-electron chi connectivity index (χ4n) is 3.72. The van der Waals surface area contributed by atoms with Crippen LogP contribution in [0.2, 0.25) is 0 Å². The maximum Gasteiger partial charge on any atom is 0.270 e. The summed E-state index contributed by atoms with van der Waals surface area (Å²) in [5.74, 6) is 0.669. The Labute approximate surface area is 139 Å². The second-order valence-electron chi connectivity index (χ2n) is 6.72. The summed E-state index contributed by atoms with van der Waals surface area (Å²) >= 11 is 0. The lowest BCUT2D eigenvalue weighted by molar-refractivity contribution is -0.114. The van der Waals surface area contributed by atoms with Crippen molar-refractivity contribution in [2.24, 2.45) is 5.92 Å². The van der Waals surface area contributed by atoms with Crippen LogP contribution >= 0.6 is 0 Å². The molecule has 2 aromatic rings. The smallest absolute Gasteiger partial charge is 0.270 e. The minimum Gasteiger partial charge on any atom is -0.440 e. The van der Waals surface area contributed by atoms with Crippen LogP contribution in [0.3, 0.4) is 0 Å². The van der Waals surface area contributed by atoms with Gasteiger partial charge in [0.15, 0.2) is 0 Å². The number of aromatic nitrogens is 1. The normalized spacial score (nSPS) is 25.6. The monoisotopic (exact) mass is 328 g/mol. The van der Waals surface area contributed by atoms with E-state index in [9.17, 15) is 9.59 Å². The van der Waals surface area contributed by atoms with E-state index in [4.69, 9.17) is 4.42 Å². The van der Waals surface area contributed by atoms with E-state index in [1.807, 2.05) is 0 Å². The zero-order valence-electron chi connectivity index (χ0n) is 13.5. The quantitative estimate of drug-likeness (QED) is 0.894. The Hall–Kier alpha value is -2.41. The van der Waals surface area contributed by atoms with Gasteiger partial charge in [0, 0.05) is 49.8 Å². The van der Waals surface area contributed by atoms with Crippen molar-refractivity contribution in [2.45, 2.75) is 25.8 Å². The summed E-state index contributed by atoms with van der Waals surface area (Å²) in [5.41, 5.74) is 0.866. The van der Waals surface area contributed by atoms with Crippen molar-refractivity contribution in [1.29, 1.82) is 0 Å². The standard InChI is InChI=1S/C17H20N4O3/c1-10(22)19-16-5-12-7-18-14(6-15(12)24-16)17(23)20-13-4-11-2-3-21(8-11)9-13/h5-7,11,13H,2-4,8-9H2,1H3,(H,19,22)(H,20,23)/t11-,13+/m0/s1. The van der Waals surface area contributed by atoms with Gasteiger partial charge in [-0.15, -0.1) is 0 Å². The van der Waals surface area contributed by atoms with Gasteiger partial charge in [-0.2, -0.15) is 0 Å². The van der Waals surface area contributed by atoms with Crippen molar-refractivity contribution < 1.29 is 14.0 Å². The Morgan fingerprint density at radius 1 is 1.33 bits per heavy atom. The summed E-state index contributed by atoms with van der Waals surface area (Å²) in [4.78, 5) is 30.2. The highest BCUT2D eigenvalue weighted by Crippen LogP contribution is 2.27. The first-order chi connectivity index (χ1) is 11.6. The van der Waals surface area contributed by atoms with Crippen molar-refractivity contribution in [2.75, 3.05) is 25.0 Å². The lowest BCUT2D eigenvalue weighted by atomic mass is 9.97. The highest BCUT2D eigenvalue weighted by molar-refractivity contribution is 5.96. The largest absolute Gasteiger partial charge is 0.440 e. The summed E-state index contributed by atoms with van der Waals surface area (Å²) in [6.07, 6.45) is 3.86. The molecular formula is C17H20N4O3. The molecule has 0 spiro atoms. The Kier molecular flexibility index (Phi) is 3.72. The number of nitrogens with zero attached hydrogens (tertiary/aromatic N) is 2. The van der Waals surface area contributed by atoms with Crippen LogP contribution in [0.5, 0.6) is 0 Å². The zero-order valence-corrected chi connectivity index (χ0v) is 13.5. The number of amides is 2. The predicted molar refractivity (Wildman–Crippen MR) is 88.7 cm³/mol. The topological polar surface area (TPSA) is 87.5 Å². The summed E-state index contributed by atoms with van der Waals surface area (Å²) in [5, 5.41) is 6.42. The molecule has 0 aliphatic carbocycles. The van der Waals surface area contributed by atoms with Crippen LogP contribution in [0.15, 0.2) is 22.7 Å². The van der Waals surface area contributed by atoms with Gasteiger partial charge in [-0.3, -0.25) is 19.9 Å². The number of furan rings is 1. The van der Waals surface area contributed by atoms with Crippen molar-refractivity contribution in [3.8, 4) is 0 Å². The molecule has 2 fully saturated rings. The van der Waals surface area contributed by atoms with E-state index in [-0.39, 0.29) is 17.9 Å². The lowest BCUT2D eigenvalue weighted by Gasteiger charge is -2.30. The van der Waals surface area contributed by atoms with E-state index in [0.29, 0.717) is 23.1 Å². The highest BCUT2D eigenvalue weighted by atomic mass is 16.4. The molecule has 2 aromatic heterocycles. The molecule has 4 rings (SSSR count). The molecule has 7 heteroatoms. The predicted octanol–water partition coefficient (Wildman–Crippen LogP) is 1.61. The molecule has 2 aliphatic rings. The molecule has 2 N–H and O–H groups in total. The first-order valence-electron chi connectivity index (χ1n) is 8.27. The number of nitrogens with one attached hydrogen (secondary N) is 2. The summed E-state index contributed by atoms with van der Waals surface area (Å²) in [6.45, 7) is 4.63. The van der Waals surface area contributed by atoms with Gasteiger partial charge >= 0.3 is 0 Å². The van der Waals surface area contributed by atoms with E-state index in [2.05, 4.69) is 20.5 Å². The SMILES string of the molecule is CC(=O)Nc1cc2cnc(C(=O)N[C@@H]3C[C@@H]4CCN(C4)C3)cc2o1. The number of carbonyl (C=O) groups is 2. The molecule has 4 heterocycles. The zero-order chi connectivity index (χ0) is 16.7. The Morgan fingerprint density at radius 2 is 2.21 bits per heavy atom. The molecule has 0 aromatic carbocycles. The molecule has 3 atom stereocenters. The van der Waals surface area contributed by atoms with E-state index in [1.165, 1.54) is 13.3 Å². The average molecular weight is 328 g/mol. The van der Waals surface area contributed by atoms with Crippen molar-refractivity contribution in [3.05, 3.63) is 24.0 Å². The van der Waals surface area contributed by atoms with Gasteiger partial charge in [-0.1, -0.05) is 0 Å². The van der Waals surface area contributed by atoms with Crippen molar-refractivity contribution in [3.63, 3.8) is 0 Å². The molecular weight excluding hydrogens is 308 g/mol. The number of hydrogen-bond acceptors (Lipinski definition) is 5. The minimum absolute atomic E-state index is 0.179. The third kappa shape index (κ3) is 2.99. The van der Waals surface area contributed by atoms with E-state index in [1.54, 1.807) is 18.3 Å². The van der Waals surface area contributed by atoms with Gasteiger partial charge in [-0.05, 0) is 25.3 Å². The number of hydrogen-bond donors (Lipinski definition) is 2. The van der Waals surface area contributed by atoms with Crippen molar-refractivity contribution >= 4 is 28.7 Å². The summed E-state index contributed by atoms with van der Waals surface area (Å²) < 4.78 is 5.54. The maximum absolute atomic E-state index is 12.5. The molecule has 7 nitrogen and oxygen atoms in total. The van der Waals surface area contributed by atoms with Crippen molar-refractivity contribution in [1.82, 2.24) is 15.2 Å². The molecule has 2 amide bonds. The molecule has 2 aliphatic heterocycles. The van der Waals surface area contributed by atoms with Gasteiger partial charge in [0.05, 0.1) is 0 Å². The van der Waals surface area contributed by atoms with E-state index in [0.717, 1.165) is 31.4 Å². The number of fused-ring (bicyclic) bond motifs is 3. The number of pyridine rings is 1. The van der Waals surface area contributed by atoms with Crippen LogP contribution in [0.1, 0.15) is 30.3 Å². The second kappa shape index (κ2) is 5.90. The van der Waals surface area contributed by atoms with E-state index >= 15 is 0 Å². The minimum atomic E-state index is -0.207. The van der Waals surface area contributed by atoms with Gasteiger partial charge in [0.2, 0.25) is 11.8 Å². The fraction of sp³-hybridized carbons (Fsp3) is 0.471. The maximum atomic E-state index is 12.5. The Morgan fingerprint density at radius 3 is 3.00 bits per heavy atom. The molecule has 2 bridgehead atoms. The van der Waals surface area contributed by atoms with Gasteiger partial charge < -0.3 is 14.6 Å². The first-order valence-corrected chi connectivity index (χ1v) is 8.27. The molecule has 2 saturated heterocycles. The number of anilines is 1. The van der Waals surface area contributed by atoms with Gasteiger partial charge in [0.1, 0.15) is 11.3 Å². The van der Waals surface area contributed by atoms with E-state index < -0.39 is 0 Å². The summed E-state index contributed by atoms with van der Waals surface area (Å²) in [6, 6.07) is 3.49. The Balaban J connectivity index is 1.48. The van der Waals surface area contributed by atoms with Crippen LogP contribution < -0.4 is 10.6 Å². The van der Waals surface area contributed by atoms with Crippen LogP contribution in [0.4, 0.5) is 5.88 Å². The number of rotatable bonds is 3. The number of carbonyl (C=O) groups excluding carboxylic acids is 2. The van der Waals surface area contributed by atoms with Crippen LogP contribution in [0, 0.1) is 5.92 Å². The summed E-state index contributed by atoms with van der Waals surface area (Å²) in [7, 11) is 0. The second-order valence-corrected chi connectivity index (χ2v) is 6.72. The van der Waals surface area contributed by atoms with Crippen LogP contribution in [-0.4, -0.2) is 47.4 Å². The van der Waals surface area contributed by atoms with Gasteiger partial charge in [0.25, 0.3) is 5.91 Å². The van der Waals surface area contributed by atoms with Gasteiger partial charge in [-0.25, -0.2) is 0 Å². The average Bonchev–Trinajstić information content (AvgIpc) is 3.07. The first kappa shape index (κ1) is 15.1. The third-order valence-electron chi connectivity index (χ3n) is 4.74. The lowest BCUT2D eigenvalue weighted by Crippen LogP contribution is -2.47. The molecule has 1 unspecified atom stereocenters. The third-order valence-corrected chi connectivity index (χ3v) is 4.74.